The number of anilines is 2. The van der Waals surface area contributed by atoms with Crippen LogP contribution in [-0.4, -0.2) is 50.7 Å². The number of nitrogens with one attached hydrogen (secondary N) is 2. The van der Waals surface area contributed by atoms with Gasteiger partial charge in [0, 0.05) is 61.1 Å². The maximum absolute atomic E-state index is 15.0. The molecular formula is C45H38F2N10O6S2. The first-order valence-electron chi connectivity index (χ1n) is 19.5. The minimum absolute atomic E-state index is 0.0373. The van der Waals surface area contributed by atoms with Crippen LogP contribution in [0.15, 0.2) is 162 Å². The number of ether oxygens (including phenoxy) is 1. The lowest BCUT2D eigenvalue weighted by molar-refractivity contribution is 0.304. The molecule has 4 aromatic heterocycles. The molecular weight excluding hydrogens is 879 g/mol. The first-order chi connectivity index (χ1) is 31.2. The molecule has 0 atom stereocenters. The summed E-state index contributed by atoms with van der Waals surface area (Å²) in [5.74, 6) is 0.275. The summed E-state index contributed by atoms with van der Waals surface area (Å²) in [4.78, 5) is 17.5. The van der Waals surface area contributed by atoms with Crippen LogP contribution in [0, 0.1) is 11.6 Å². The molecule has 330 valence electrons. The predicted octanol–water partition coefficient (Wildman–Crippen LogP) is 6.87. The standard InChI is InChI=1S/C26H22FN5O3S.C19H16FN5O3S/c27-23-14-20(35-17-19-4-2-1-3-5-19)8-11-22(23)24-16-31-26-25(29-12-13-32(24)26)30-15-18-6-9-21(10-7-18)36(28,33)34;20-16-9-13(26)3-6-15(16)17-11-24-19-18(22-7-8-25(17)19)23-10-12-1-4-14(5-2-12)29(21,27)28/h1-14,16H,15,17H2,(H,29,30)(H2,28,33,34);1-9,11,26H,10H2,(H,22,23)(H2,21,27,28). The Morgan fingerprint density at radius 2 is 1.06 bits per heavy atom. The fraction of sp³-hybridized carbons (Fsp3) is 0.0667. The monoisotopic (exact) mass is 916 g/mol. The zero-order valence-corrected chi connectivity index (χ0v) is 35.6. The van der Waals surface area contributed by atoms with E-state index in [1.807, 2.05) is 30.3 Å². The number of aromatic hydroxyl groups is 1. The summed E-state index contributed by atoms with van der Waals surface area (Å²) in [5.41, 5.74) is 5.43. The number of phenols is 1. The number of imidazole rings is 2. The molecule has 65 heavy (non-hydrogen) atoms. The second-order valence-electron chi connectivity index (χ2n) is 14.4. The van der Waals surface area contributed by atoms with Crippen LogP contribution in [0.3, 0.4) is 0 Å². The highest BCUT2D eigenvalue weighted by atomic mass is 32.2. The summed E-state index contributed by atoms with van der Waals surface area (Å²) >= 11 is 0. The molecule has 0 unspecified atom stereocenters. The summed E-state index contributed by atoms with van der Waals surface area (Å²) in [6, 6.07) is 30.8. The summed E-state index contributed by atoms with van der Waals surface area (Å²) in [6.45, 7) is 1.09. The predicted molar refractivity (Wildman–Crippen MR) is 239 cm³/mol. The van der Waals surface area contributed by atoms with E-state index in [4.69, 9.17) is 15.0 Å². The number of rotatable bonds is 13. The zero-order valence-electron chi connectivity index (χ0n) is 34.0. The van der Waals surface area contributed by atoms with E-state index in [9.17, 15) is 26.3 Å². The van der Waals surface area contributed by atoms with Crippen LogP contribution >= 0.6 is 0 Å². The maximum atomic E-state index is 15.0. The SMILES string of the molecule is NS(=O)(=O)c1ccc(CNc2nccn3c(-c4ccc(O)cc4F)cnc23)cc1.NS(=O)(=O)c1ccc(CNc2nccn3c(-c4ccc(OCc5ccccc5)cc4F)cnc23)cc1. The van der Waals surface area contributed by atoms with Crippen molar-refractivity contribution in [2.45, 2.75) is 29.5 Å². The lowest BCUT2D eigenvalue weighted by Crippen LogP contribution is -2.12. The van der Waals surface area contributed by atoms with Crippen molar-refractivity contribution in [3.8, 4) is 34.0 Å². The molecule has 0 fully saturated rings. The molecule has 0 aliphatic rings. The van der Waals surface area contributed by atoms with E-state index in [-0.39, 0.29) is 15.5 Å². The summed E-state index contributed by atoms with van der Waals surface area (Å²) < 4.78 is 84.0. The van der Waals surface area contributed by atoms with Gasteiger partial charge in [-0.3, -0.25) is 8.80 Å². The Bertz CT molecular complexity index is 3370. The number of phenolic OH excluding ortho intramolecular Hbond substituents is 1. The third-order valence-electron chi connectivity index (χ3n) is 9.97. The molecule has 0 bridgehead atoms. The Morgan fingerprint density at radius 3 is 1.52 bits per heavy atom. The lowest BCUT2D eigenvalue weighted by Gasteiger charge is -2.10. The molecule has 0 amide bonds. The molecule has 9 rings (SSSR count). The zero-order chi connectivity index (χ0) is 45.7. The highest BCUT2D eigenvalue weighted by molar-refractivity contribution is 7.89. The van der Waals surface area contributed by atoms with E-state index in [0.29, 0.717) is 70.9 Å². The third kappa shape index (κ3) is 10.2. The van der Waals surface area contributed by atoms with Gasteiger partial charge in [0.15, 0.2) is 22.9 Å². The van der Waals surface area contributed by atoms with E-state index in [1.165, 1.54) is 48.7 Å². The van der Waals surface area contributed by atoms with Crippen LogP contribution in [0.1, 0.15) is 16.7 Å². The van der Waals surface area contributed by atoms with E-state index >= 15 is 4.39 Å². The quantitative estimate of drug-likeness (QED) is 0.0797. The Hall–Kier alpha value is -7.78. The molecule has 0 aliphatic carbocycles. The number of halogens is 2. The van der Waals surface area contributed by atoms with Gasteiger partial charge < -0.3 is 20.5 Å². The molecule has 7 N–H and O–H groups in total. The van der Waals surface area contributed by atoms with Crippen LogP contribution in [0.25, 0.3) is 33.8 Å². The molecule has 0 saturated heterocycles. The number of benzene rings is 5. The second-order valence-corrected chi connectivity index (χ2v) is 17.5. The number of fused-ring (bicyclic) bond motifs is 2. The maximum Gasteiger partial charge on any atom is 0.238 e. The Balaban J connectivity index is 0.000000181. The normalized spacial score (nSPS) is 11.6. The lowest BCUT2D eigenvalue weighted by atomic mass is 10.1. The molecule has 0 saturated carbocycles. The first-order valence-corrected chi connectivity index (χ1v) is 22.6. The third-order valence-corrected chi connectivity index (χ3v) is 11.8. The van der Waals surface area contributed by atoms with Crippen LogP contribution in [-0.2, 0) is 39.7 Å². The highest BCUT2D eigenvalue weighted by Gasteiger charge is 2.17. The average Bonchev–Trinajstić information content (AvgIpc) is 3.93. The molecule has 16 nitrogen and oxygen atoms in total. The van der Waals surface area contributed by atoms with Crippen molar-refractivity contribution in [2.24, 2.45) is 10.3 Å². The fourth-order valence-electron chi connectivity index (χ4n) is 6.70. The number of hydrogen-bond acceptors (Lipinski definition) is 12. The Labute approximate surface area is 371 Å². The van der Waals surface area contributed by atoms with Crippen molar-refractivity contribution in [1.29, 1.82) is 0 Å². The number of aromatic nitrogens is 6. The van der Waals surface area contributed by atoms with Crippen LogP contribution in [0.2, 0.25) is 0 Å². The summed E-state index contributed by atoms with van der Waals surface area (Å²) in [6.07, 6.45) is 9.65. The molecule has 5 aromatic carbocycles. The van der Waals surface area contributed by atoms with Gasteiger partial charge in [-0.25, -0.2) is 55.8 Å². The van der Waals surface area contributed by atoms with E-state index in [1.54, 1.807) is 76.2 Å². The largest absolute Gasteiger partial charge is 0.508 e. The number of hydrogen-bond donors (Lipinski definition) is 5. The van der Waals surface area contributed by atoms with Crippen LogP contribution in [0.4, 0.5) is 20.4 Å². The van der Waals surface area contributed by atoms with E-state index in [2.05, 4.69) is 30.6 Å². The minimum atomic E-state index is -3.75. The highest BCUT2D eigenvalue weighted by Crippen LogP contribution is 2.30. The van der Waals surface area contributed by atoms with Crippen molar-refractivity contribution in [3.63, 3.8) is 0 Å². The van der Waals surface area contributed by atoms with Gasteiger partial charge in [-0.2, -0.15) is 0 Å². The minimum Gasteiger partial charge on any atom is -0.508 e. The van der Waals surface area contributed by atoms with Gasteiger partial charge in [0.2, 0.25) is 20.0 Å². The number of sulfonamides is 2. The second kappa shape index (κ2) is 18.5. The number of nitrogens with two attached hydrogens (primary N) is 2. The molecule has 0 radical (unpaired) electrons. The van der Waals surface area contributed by atoms with Gasteiger partial charge in [-0.15, -0.1) is 0 Å². The van der Waals surface area contributed by atoms with E-state index in [0.717, 1.165) is 22.8 Å². The molecule has 0 spiro atoms. The van der Waals surface area contributed by atoms with Crippen molar-refractivity contribution in [3.05, 3.63) is 181 Å². The van der Waals surface area contributed by atoms with Gasteiger partial charge >= 0.3 is 0 Å². The van der Waals surface area contributed by atoms with E-state index < -0.39 is 31.7 Å². The van der Waals surface area contributed by atoms with Crippen molar-refractivity contribution in [2.75, 3.05) is 10.6 Å². The topological polar surface area (TPSA) is 234 Å². The van der Waals surface area contributed by atoms with Gasteiger partial charge in [0.25, 0.3) is 0 Å². The van der Waals surface area contributed by atoms with Crippen molar-refractivity contribution in [1.82, 2.24) is 28.7 Å². The number of nitrogens with zero attached hydrogens (tertiary/aromatic N) is 6. The van der Waals surface area contributed by atoms with Crippen molar-refractivity contribution >= 4 is 43.0 Å². The molecule has 4 heterocycles. The first kappa shape index (κ1) is 43.9. The molecule has 9 aromatic rings. The Kier molecular flexibility index (Phi) is 12.5. The smallest absolute Gasteiger partial charge is 0.238 e. The fourth-order valence-corrected chi connectivity index (χ4v) is 7.73. The molecule has 20 heteroatoms. The van der Waals surface area contributed by atoms with Gasteiger partial charge in [0.05, 0.1) is 33.6 Å². The van der Waals surface area contributed by atoms with Gasteiger partial charge in [-0.05, 0) is 65.2 Å². The number of primary sulfonamides is 2. The summed E-state index contributed by atoms with van der Waals surface area (Å²) in [5, 5.41) is 26.0. The summed E-state index contributed by atoms with van der Waals surface area (Å²) in [7, 11) is -7.48. The van der Waals surface area contributed by atoms with Crippen LogP contribution in [0.5, 0.6) is 11.5 Å². The van der Waals surface area contributed by atoms with Gasteiger partial charge in [0.1, 0.15) is 29.7 Å². The van der Waals surface area contributed by atoms with Crippen LogP contribution < -0.4 is 25.6 Å². The average molecular weight is 917 g/mol. The van der Waals surface area contributed by atoms with Crippen molar-refractivity contribution < 1.29 is 35.5 Å². The van der Waals surface area contributed by atoms with Gasteiger partial charge in [-0.1, -0.05) is 54.6 Å². The molecule has 0 aliphatic heterocycles. The Morgan fingerprint density at radius 1 is 0.585 bits per heavy atom.